The Morgan fingerprint density at radius 3 is 2.39 bits per heavy atom. The SMILES string of the molecule is CCC1(C(=O)NC(C(=O)O)C(C)(C)C)CCNC1. The molecule has 1 saturated heterocycles. The Morgan fingerprint density at radius 2 is 2.06 bits per heavy atom. The lowest BCUT2D eigenvalue weighted by atomic mass is 9.81. The minimum atomic E-state index is -0.979. The van der Waals surface area contributed by atoms with E-state index in [-0.39, 0.29) is 5.91 Å². The zero-order valence-corrected chi connectivity index (χ0v) is 11.7. The number of carbonyl (C=O) groups is 2. The number of rotatable bonds is 4. The third-order valence-corrected chi connectivity index (χ3v) is 3.79. The van der Waals surface area contributed by atoms with Crippen LogP contribution >= 0.6 is 0 Å². The van der Waals surface area contributed by atoms with Gasteiger partial charge in [-0.05, 0) is 24.8 Å². The van der Waals surface area contributed by atoms with Crippen LogP contribution in [0.25, 0.3) is 0 Å². The van der Waals surface area contributed by atoms with Gasteiger partial charge in [0.05, 0.1) is 5.41 Å². The van der Waals surface area contributed by atoms with Crippen LogP contribution in [0.1, 0.15) is 40.5 Å². The predicted octanol–water partition coefficient (Wildman–Crippen LogP) is 0.992. The molecular weight excluding hydrogens is 232 g/mol. The van der Waals surface area contributed by atoms with Gasteiger partial charge >= 0.3 is 5.97 Å². The molecule has 1 rings (SSSR count). The molecule has 5 nitrogen and oxygen atoms in total. The third kappa shape index (κ3) is 3.02. The van der Waals surface area contributed by atoms with Gasteiger partial charge in [0.15, 0.2) is 0 Å². The van der Waals surface area contributed by atoms with Gasteiger partial charge in [0, 0.05) is 6.54 Å². The fourth-order valence-corrected chi connectivity index (χ4v) is 2.33. The molecule has 1 aliphatic heterocycles. The summed E-state index contributed by atoms with van der Waals surface area (Å²) in [5.74, 6) is -1.12. The molecule has 5 heteroatoms. The van der Waals surface area contributed by atoms with Crippen LogP contribution in [0.15, 0.2) is 0 Å². The van der Waals surface area contributed by atoms with E-state index in [4.69, 9.17) is 0 Å². The summed E-state index contributed by atoms with van der Waals surface area (Å²) in [5.41, 5.74) is -0.943. The summed E-state index contributed by atoms with van der Waals surface area (Å²) >= 11 is 0. The van der Waals surface area contributed by atoms with E-state index in [0.717, 1.165) is 19.4 Å². The molecule has 1 aliphatic rings. The minimum Gasteiger partial charge on any atom is -0.480 e. The van der Waals surface area contributed by atoms with Crippen molar-refractivity contribution < 1.29 is 14.7 Å². The van der Waals surface area contributed by atoms with E-state index in [1.807, 2.05) is 27.7 Å². The maximum Gasteiger partial charge on any atom is 0.326 e. The Hall–Kier alpha value is -1.10. The van der Waals surface area contributed by atoms with Crippen molar-refractivity contribution >= 4 is 11.9 Å². The summed E-state index contributed by atoms with van der Waals surface area (Å²) in [6.45, 7) is 8.87. The number of carboxylic acid groups (broad SMARTS) is 1. The number of aliphatic carboxylic acids is 1. The topological polar surface area (TPSA) is 78.4 Å². The lowest BCUT2D eigenvalue weighted by molar-refractivity contribution is -0.146. The van der Waals surface area contributed by atoms with E-state index in [1.165, 1.54) is 0 Å². The molecule has 0 spiro atoms. The molecule has 1 fully saturated rings. The number of hydrogen-bond acceptors (Lipinski definition) is 3. The summed E-state index contributed by atoms with van der Waals surface area (Å²) in [4.78, 5) is 23.6. The number of carboxylic acids is 1. The van der Waals surface area contributed by atoms with Crippen LogP contribution in [-0.2, 0) is 9.59 Å². The van der Waals surface area contributed by atoms with Crippen molar-refractivity contribution in [2.45, 2.75) is 46.6 Å². The highest BCUT2D eigenvalue weighted by Crippen LogP contribution is 2.30. The number of nitrogens with one attached hydrogen (secondary N) is 2. The Balaban J connectivity index is 2.81. The Kier molecular flexibility index (Phi) is 4.37. The standard InChI is InChI=1S/C13H24N2O3/c1-5-13(6-7-14-8-13)11(18)15-9(10(16)17)12(2,3)4/h9,14H,5-8H2,1-4H3,(H,15,18)(H,16,17). The molecule has 3 N–H and O–H groups in total. The van der Waals surface area contributed by atoms with E-state index in [0.29, 0.717) is 6.54 Å². The lowest BCUT2D eigenvalue weighted by Gasteiger charge is -2.32. The lowest BCUT2D eigenvalue weighted by Crippen LogP contribution is -2.54. The van der Waals surface area contributed by atoms with Crippen molar-refractivity contribution in [3.05, 3.63) is 0 Å². The van der Waals surface area contributed by atoms with Gasteiger partial charge in [0.25, 0.3) is 0 Å². The zero-order chi connectivity index (χ0) is 14.0. The summed E-state index contributed by atoms with van der Waals surface area (Å²) in [5, 5.41) is 15.1. The van der Waals surface area contributed by atoms with Gasteiger partial charge in [-0.3, -0.25) is 4.79 Å². The van der Waals surface area contributed by atoms with Crippen LogP contribution in [0.5, 0.6) is 0 Å². The number of carbonyl (C=O) groups excluding carboxylic acids is 1. The molecule has 1 amide bonds. The molecule has 2 atom stereocenters. The van der Waals surface area contributed by atoms with Gasteiger partial charge in [-0.15, -0.1) is 0 Å². The summed E-state index contributed by atoms with van der Waals surface area (Å²) in [6.07, 6.45) is 1.49. The molecule has 18 heavy (non-hydrogen) atoms. The minimum absolute atomic E-state index is 0.141. The van der Waals surface area contributed by atoms with Crippen molar-refractivity contribution in [2.24, 2.45) is 10.8 Å². The molecule has 0 aromatic heterocycles. The van der Waals surface area contributed by atoms with Crippen LogP contribution in [0.4, 0.5) is 0 Å². The molecule has 1 heterocycles. The average Bonchev–Trinajstić information content (AvgIpc) is 2.73. The van der Waals surface area contributed by atoms with E-state index >= 15 is 0 Å². The van der Waals surface area contributed by atoms with E-state index in [1.54, 1.807) is 0 Å². The van der Waals surface area contributed by atoms with Crippen molar-refractivity contribution in [1.29, 1.82) is 0 Å². The molecule has 0 radical (unpaired) electrons. The largest absolute Gasteiger partial charge is 0.480 e. The first-order valence-corrected chi connectivity index (χ1v) is 6.47. The Bertz CT molecular complexity index is 328. The van der Waals surface area contributed by atoms with Crippen molar-refractivity contribution in [2.75, 3.05) is 13.1 Å². The monoisotopic (exact) mass is 256 g/mol. The van der Waals surface area contributed by atoms with Gasteiger partial charge in [-0.2, -0.15) is 0 Å². The van der Waals surface area contributed by atoms with Crippen LogP contribution < -0.4 is 10.6 Å². The number of hydrogen-bond donors (Lipinski definition) is 3. The van der Waals surface area contributed by atoms with Gasteiger partial charge in [0.1, 0.15) is 6.04 Å². The molecule has 0 aromatic rings. The van der Waals surface area contributed by atoms with E-state index in [9.17, 15) is 14.7 Å². The molecule has 0 aromatic carbocycles. The first-order chi connectivity index (χ1) is 8.23. The molecule has 0 saturated carbocycles. The van der Waals surface area contributed by atoms with Crippen molar-refractivity contribution in [1.82, 2.24) is 10.6 Å². The molecular formula is C13H24N2O3. The molecule has 2 unspecified atom stereocenters. The zero-order valence-electron chi connectivity index (χ0n) is 11.7. The summed E-state index contributed by atoms with van der Waals surface area (Å²) in [6, 6.07) is -0.853. The quantitative estimate of drug-likeness (QED) is 0.701. The maximum atomic E-state index is 12.3. The van der Waals surface area contributed by atoms with E-state index < -0.39 is 22.8 Å². The smallest absolute Gasteiger partial charge is 0.326 e. The third-order valence-electron chi connectivity index (χ3n) is 3.79. The van der Waals surface area contributed by atoms with Gasteiger partial charge in [-0.1, -0.05) is 27.7 Å². The highest BCUT2D eigenvalue weighted by molar-refractivity contribution is 5.88. The Labute approximate surface area is 108 Å². The fourth-order valence-electron chi connectivity index (χ4n) is 2.33. The molecule has 0 aliphatic carbocycles. The second-order valence-corrected chi connectivity index (χ2v) is 6.17. The highest BCUT2D eigenvalue weighted by atomic mass is 16.4. The maximum absolute atomic E-state index is 12.3. The second-order valence-electron chi connectivity index (χ2n) is 6.17. The van der Waals surface area contributed by atoms with Crippen LogP contribution in [-0.4, -0.2) is 36.1 Å². The highest BCUT2D eigenvalue weighted by Gasteiger charge is 2.42. The van der Waals surface area contributed by atoms with Crippen molar-refractivity contribution in [3.8, 4) is 0 Å². The fraction of sp³-hybridized carbons (Fsp3) is 0.846. The van der Waals surface area contributed by atoms with Gasteiger partial charge in [-0.25, -0.2) is 4.79 Å². The average molecular weight is 256 g/mol. The summed E-state index contributed by atoms with van der Waals surface area (Å²) < 4.78 is 0. The van der Waals surface area contributed by atoms with Crippen LogP contribution in [0.3, 0.4) is 0 Å². The van der Waals surface area contributed by atoms with E-state index in [2.05, 4.69) is 10.6 Å². The second kappa shape index (κ2) is 5.26. The van der Waals surface area contributed by atoms with Gasteiger partial charge < -0.3 is 15.7 Å². The predicted molar refractivity (Wildman–Crippen MR) is 69.2 cm³/mol. The van der Waals surface area contributed by atoms with Crippen LogP contribution in [0, 0.1) is 10.8 Å². The normalized spacial score (nSPS) is 25.8. The van der Waals surface area contributed by atoms with Crippen molar-refractivity contribution in [3.63, 3.8) is 0 Å². The number of amides is 1. The van der Waals surface area contributed by atoms with Gasteiger partial charge in [0.2, 0.25) is 5.91 Å². The first kappa shape index (κ1) is 15.0. The summed E-state index contributed by atoms with van der Waals surface area (Å²) in [7, 11) is 0. The Morgan fingerprint density at radius 1 is 1.44 bits per heavy atom. The van der Waals surface area contributed by atoms with Crippen LogP contribution in [0.2, 0.25) is 0 Å². The first-order valence-electron chi connectivity index (χ1n) is 6.47. The molecule has 0 bridgehead atoms. The molecule has 104 valence electrons.